The van der Waals surface area contributed by atoms with Crippen LogP contribution in [0.15, 0.2) is 12.3 Å². The normalized spacial score (nSPS) is 14.1. The number of halogens is 1. The van der Waals surface area contributed by atoms with Crippen molar-refractivity contribution in [1.29, 1.82) is 0 Å². The number of hydrogen-bond acceptors (Lipinski definition) is 6. The number of H-pyrrole nitrogens is 1. The number of nitrogens with zero attached hydrogens (tertiary/aromatic N) is 4. The number of nitrogens with two attached hydrogens (primary N) is 2. The smallest absolute Gasteiger partial charge is 0.222 e. The van der Waals surface area contributed by atoms with E-state index in [-0.39, 0.29) is 5.95 Å². The van der Waals surface area contributed by atoms with Crippen molar-refractivity contribution in [3.05, 3.63) is 17.3 Å². The monoisotopic (exact) mass is 295 g/mol. The van der Waals surface area contributed by atoms with Crippen LogP contribution in [0.2, 0.25) is 5.02 Å². The van der Waals surface area contributed by atoms with Crippen LogP contribution in [0.5, 0.6) is 0 Å². The van der Waals surface area contributed by atoms with Gasteiger partial charge in [-0.2, -0.15) is 10.1 Å². The van der Waals surface area contributed by atoms with Crippen molar-refractivity contribution in [2.45, 2.75) is 12.8 Å². The van der Waals surface area contributed by atoms with E-state index < -0.39 is 0 Å². The van der Waals surface area contributed by atoms with E-state index in [0.29, 0.717) is 16.4 Å². The summed E-state index contributed by atoms with van der Waals surface area (Å²) in [5, 5.41) is 7.23. The molecule has 0 aliphatic carbocycles. The fourth-order valence-electron chi connectivity index (χ4n) is 2.14. The average Bonchev–Trinajstić information content (AvgIpc) is 3.11. The van der Waals surface area contributed by atoms with E-state index in [1.807, 2.05) is 6.07 Å². The quantitative estimate of drug-likeness (QED) is 0.770. The summed E-state index contributed by atoms with van der Waals surface area (Å²) in [6, 6.07) is 1.89. The van der Waals surface area contributed by atoms with Crippen LogP contribution in [0, 0.1) is 0 Å². The van der Waals surface area contributed by atoms with Gasteiger partial charge in [-0.3, -0.25) is 5.10 Å². The van der Waals surface area contributed by atoms with Crippen molar-refractivity contribution in [2.75, 3.05) is 30.8 Å². The van der Waals surface area contributed by atoms with Crippen LogP contribution >= 0.6 is 11.6 Å². The molecule has 0 bridgehead atoms. The van der Waals surface area contributed by atoms with Crippen LogP contribution in [0.25, 0.3) is 11.4 Å². The van der Waals surface area contributed by atoms with E-state index in [0.717, 1.165) is 18.9 Å². The maximum Gasteiger partial charge on any atom is 0.222 e. The second kappa shape index (κ2) is 6.53. The topological polar surface area (TPSA) is 110 Å². The van der Waals surface area contributed by atoms with Crippen molar-refractivity contribution in [1.82, 2.24) is 20.2 Å². The molecule has 1 fully saturated rings. The Hall–Kier alpha value is -1.86. The standard InChI is InChI=1S/C11H13ClN6.CH5N/c12-7-6-14-17-10(7)8-5-9(16-11(13)15-8)18-3-1-2-4-18;1-2/h5-6H,1-4H2,(H,14,17)(H2,13,15,16);2H2,1H3. The lowest BCUT2D eigenvalue weighted by Gasteiger charge is -2.17. The fraction of sp³-hybridized carbons (Fsp3) is 0.417. The molecule has 3 rings (SSSR count). The predicted octanol–water partition coefficient (Wildman–Crippen LogP) is 1.28. The second-order valence-corrected chi connectivity index (χ2v) is 4.66. The lowest BCUT2D eigenvalue weighted by molar-refractivity contribution is 0.931. The molecule has 3 heterocycles. The molecule has 2 aromatic rings. The molecule has 5 N–H and O–H groups in total. The van der Waals surface area contributed by atoms with Crippen LogP contribution in [0.3, 0.4) is 0 Å². The molecular formula is C12H18ClN7. The van der Waals surface area contributed by atoms with Gasteiger partial charge in [0, 0.05) is 19.2 Å². The summed E-state index contributed by atoms with van der Waals surface area (Å²) in [7, 11) is 1.50. The van der Waals surface area contributed by atoms with E-state index in [2.05, 4.69) is 30.8 Å². The van der Waals surface area contributed by atoms with E-state index in [4.69, 9.17) is 17.3 Å². The number of anilines is 2. The maximum atomic E-state index is 6.03. The van der Waals surface area contributed by atoms with Gasteiger partial charge < -0.3 is 16.4 Å². The summed E-state index contributed by atoms with van der Waals surface area (Å²) in [6.45, 7) is 2.01. The molecule has 2 aromatic heterocycles. The Labute approximate surface area is 122 Å². The van der Waals surface area contributed by atoms with Gasteiger partial charge >= 0.3 is 0 Å². The van der Waals surface area contributed by atoms with Crippen LogP contribution < -0.4 is 16.4 Å². The summed E-state index contributed by atoms with van der Waals surface area (Å²) >= 11 is 6.03. The summed E-state index contributed by atoms with van der Waals surface area (Å²) in [6.07, 6.45) is 3.92. The van der Waals surface area contributed by atoms with Gasteiger partial charge in [0.05, 0.1) is 16.9 Å². The molecular weight excluding hydrogens is 278 g/mol. The zero-order chi connectivity index (χ0) is 14.5. The summed E-state index contributed by atoms with van der Waals surface area (Å²) in [5.41, 5.74) is 11.6. The van der Waals surface area contributed by atoms with Crippen LogP contribution in [-0.2, 0) is 0 Å². The minimum atomic E-state index is 0.250. The summed E-state index contributed by atoms with van der Waals surface area (Å²) in [5.74, 6) is 1.10. The van der Waals surface area contributed by atoms with Crippen molar-refractivity contribution >= 4 is 23.4 Å². The highest BCUT2D eigenvalue weighted by Gasteiger charge is 2.17. The molecule has 0 atom stereocenters. The van der Waals surface area contributed by atoms with Gasteiger partial charge in [0.15, 0.2) is 0 Å². The largest absolute Gasteiger partial charge is 0.368 e. The molecule has 20 heavy (non-hydrogen) atoms. The van der Waals surface area contributed by atoms with Gasteiger partial charge in [0.1, 0.15) is 11.5 Å². The number of aromatic amines is 1. The average molecular weight is 296 g/mol. The van der Waals surface area contributed by atoms with Crippen molar-refractivity contribution in [3.8, 4) is 11.4 Å². The number of nitrogens with one attached hydrogen (secondary N) is 1. The molecule has 0 amide bonds. The minimum absolute atomic E-state index is 0.250. The minimum Gasteiger partial charge on any atom is -0.368 e. The molecule has 0 unspecified atom stereocenters. The van der Waals surface area contributed by atoms with E-state index in [9.17, 15) is 0 Å². The third kappa shape index (κ3) is 3.00. The number of nitrogen functional groups attached to an aromatic ring is 1. The molecule has 0 saturated carbocycles. The summed E-state index contributed by atoms with van der Waals surface area (Å²) in [4.78, 5) is 10.7. The molecule has 0 radical (unpaired) electrons. The Morgan fingerprint density at radius 3 is 2.55 bits per heavy atom. The van der Waals surface area contributed by atoms with Crippen LogP contribution in [-0.4, -0.2) is 40.3 Å². The molecule has 0 spiro atoms. The molecule has 1 aliphatic heterocycles. The van der Waals surface area contributed by atoms with Gasteiger partial charge in [-0.05, 0) is 19.9 Å². The fourth-order valence-corrected chi connectivity index (χ4v) is 2.33. The number of hydrogen-bond donors (Lipinski definition) is 3. The Kier molecular flexibility index (Phi) is 4.75. The predicted molar refractivity (Wildman–Crippen MR) is 80.6 cm³/mol. The van der Waals surface area contributed by atoms with Crippen LogP contribution in [0.1, 0.15) is 12.8 Å². The van der Waals surface area contributed by atoms with Gasteiger partial charge in [0.25, 0.3) is 0 Å². The van der Waals surface area contributed by atoms with E-state index >= 15 is 0 Å². The number of rotatable bonds is 2. The lowest BCUT2D eigenvalue weighted by Crippen LogP contribution is -2.19. The molecule has 8 heteroatoms. The number of aromatic nitrogens is 4. The first kappa shape index (κ1) is 14.5. The maximum absolute atomic E-state index is 6.03. The molecule has 7 nitrogen and oxygen atoms in total. The first-order valence-corrected chi connectivity index (χ1v) is 6.78. The Balaban J connectivity index is 0.000000704. The van der Waals surface area contributed by atoms with Crippen molar-refractivity contribution in [3.63, 3.8) is 0 Å². The first-order chi connectivity index (χ1) is 9.74. The van der Waals surface area contributed by atoms with E-state index in [1.54, 1.807) is 6.20 Å². The Morgan fingerprint density at radius 2 is 1.95 bits per heavy atom. The van der Waals surface area contributed by atoms with Crippen molar-refractivity contribution in [2.24, 2.45) is 5.73 Å². The molecule has 108 valence electrons. The zero-order valence-corrected chi connectivity index (χ0v) is 12.1. The highest BCUT2D eigenvalue weighted by Crippen LogP contribution is 2.27. The second-order valence-electron chi connectivity index (χ2n) is 4.26. The molecule has 0 aromatic carbocycles. The SMILES string of the molecule is CN.Nc1nc(-c2[nH]ncc2Cl)cc(N2CCCC2)n1. The third-order valence-electron chi connectivity index (χ3n) is 3.01. The third-order valence-corrected chi connectivity index (χ3v) is 3.30. The Morgan fingerprint density at radius 1 is 1.25 bits per heavy atom. The van der Waals surface area contributed by atoms with Gasteiger partial charge in [-0.15, -0.1) is 0 Å². The first-order valence-electron chi connectivity index (χ1n) is 6.40. The summed E-state index contributed by atoms with van der Waals surface area (Å²) < 4.78 is 0. The van der Waals surface area contributed by atoms with Gasteiger partial charge in [0.2, 0.25) is 5.95 Å². The van der Waals surface area contributed by atoms with Gasteiger partial charge in [-0.25, -0.2) is 4.98 Å². The van der Waals surface area contributed by atoms with E-state index in [1.165, 1.54) is 19.9 Å². The lowest BCUT2D eigenvalue weighted by atomic mass is 10.3. The molecule has 1 aliphatic rings. The van der Waals surface area contributed by atoms with Gasteiger partial charge in [-0.1, -0.05) is 11.6 Å². The Bertz CT molecular complexity index is 563. The zero-order valence-electron chi connectivity index (χ0n) is 11.3. The highest BCUT2D eigenvalue weighted by atomic mass is 35.5. The van der Waals surface area contributed by atoms with Crippen molar-refractivity contribution < 1.29 is 0 Å². The van der Waals surface area contributed by atoms with Crippen LogP contribution in [0.4, 0.5) is 11.8 Å². The molecule has 1 saturated heterocycles. The highest BCUT2D eigenvalue weighted by molar-refractivity contribution is 6.32.